The number of ether oxygens (including phenoxy) is 2. The molecule has 1 N–H and O–H groups in total. The highest BCUT2D eigenvalue weighted by Gasteiger charge is 2.80. The molecule has 9 atom stereocenters. The average molecular weight is 330 g/mol. The number of fused-ring (bicyclic) bond motifs is 2. The van der Waals surface area contributed by atoms with Gasteiger partial charge in [0.1, 0.15) is 0 Å². The summed E-state index contributed by atoms with van der Waals surface area (Å²) in [6, 6.07) is 0. The highest BCUT2D eigenvalue weighted by atomic mass is 16.7. The lowest BCUT2D eigenvalue weighted by molar-refractivity contribution is -0.416. The summed E-state index contributed by atoms with van der Waals surface area (Å²) in [7, 11) is 0. The van der Waals surface area contributed by atoms with Crippen LogP contribution >= 0.6 is 0 Å². The number of hydrogen-bond donors (Lipinski definition) is 1. The van der Waals surface area contributed by atoms with E-state index in [0.29, 0.717) is 17.8 Å². The van der Waals surface area contributed by atoms with E-state index in [9.17, 15) is 9.90 Å². The first-order valence-electron chi connectivity index (χ1n) is 9.68. The van der Waals surface area contributed by atoms with Crippen molar-refractivity contribution < 1.29 is 19.4 Å². The zero-order valence-corrected chi connectivity index (χ0v) is 14.3. The molecule has 6 unspecified atom stereocenters. The first kappa shape index (κ1) is 14.3. The Morgan fingerprint density at radius 1 is 1.17 bits per heavy atom. The minimum atomic E-state index is -0.443. The van der Waals surface area contributed by atoms with Gasteiger partial charge in [0, 0.05) is 10.8 Å². The number of carbonyl (C=O) groups excluding carboxylic acids is 1. The third-order valence-electron chi connectivity index (χ3n) is 9.31. The monoisotopic (exact) mass is 330 g/mol. The van der Waals surface area contributed by atoms with Crippen molar-refractivity contribution in [3.05, 3.63) is 12.2 Å². The third kappa shape index (κ3) is 1.18. The highest BCUT2D eigenvalue weighted by Crippen LogP contribution is 2.77. The van der Waals surface area contributed by atoms with E-state index in [1.807, 2.05) is 0 Å². The van der Waals surface area contributed by atoms with E-state index in [-0.39, 0.29) is 34.6 Å². The van der Waals surface area contributed by atoms with Crippen molar-refractivity contribution in [1.29, 1.82) is 0 Å². The maximum absolute atomic E-state index is 12.7. The molecule has 130 valence electrons. The Kier molecular flexibility index (Phi) is 2.35. The maximum Gasteiger partial charge on any atom is 0.314 e. The van der Waals surface area contributed by atoms with Crippen LogP contribution in [0.15, 0.2) is 12.2 Å². The second-order valence-corrected chi connectivity index (χ2v) is 9.65. The summed E-state index contributed by atoms with van der Waals surface area (Å²) in [5, 5.41) is 11.2. The van der Waals surface area contributed by atoms with E-state index in [4.69, 9.17) is 9.47 Å². The third-order valence-corrected chi connectivity index (χ3v) is 9.31. The van der Waals surface area contributed by atoms with Gasteiger partial charge in [-0.1, -0.05) is 13.0 Å². The van der Waals surface area contributed by atoms with Crippen LogP contribution in [0.2, 0.25) is 0 Å². The molecule has 4 heteroatoms. The van der Waals surface area contributed by atoms with Crippen LogP contribution in [-0.2, 0) is 14.3 Å². The maximum atomic E-state index is 12.7. The lowest BCUT2D eigenvalue weighted by Crippen LogP contribution is -2.80. The fourth-order valence-corrected chi connectivity index (χ4v) is 8.29. The Hall–Kier alpha value is -0.870. The Morgan fingerprint density at radius 3 is 2.83 bits per heavy atom. The molecule has 4 nitrogen and oxygen atoms in total. The van der Waals surface area contributed by atoms with E-state index < -0.39 is 6.10 Å². The largest absolute Gasteiger partial charge is 0.435 e. The second kappa shape index (κ2) is 3.93. The fraction of sp³-hybridized carbons (Fsp3) is 0.850. The predicted molar refractivity (Wildman–Crippen MR) is 85.7 cm³/mol. The van der Waals surface area contributed by atoms with Gasteiger partial charge in [-0.05, 0) is 68.8 Å². The van der Waals surface area contributed by atoms with Gasteiger partial charge in [0.05, 0.1) is 17.6 Å². The molecule has 8 aliphatic rings. The summed E-state index contributed by atoms with van der Waals surface area (Å²) < 4.78 is 12.3. The van der Waals surface area contributed by atoms with Gasteiger partial charge < -0.3 is 14.6 Å². The summed E-state index contributed by atoms with van der Waals surface area (Å²) in [5.41, 5.74) is 0.430. The van der Waals surface area contributed by atoms with Gasteiger partial charge in [-0.15, -0.1) is 0 Å². The van der Waals surface area contributed by atoms with Crippen LogP contribution in [0.5, 0.6) is 0 Å². The van der Waals surface area contributed by atoms with Crippen LogP contribution in [0.4, 0.5) is 0 Å². The van der Waals surface area contributed by atoms with Crippen molar-refractivity contribution in [2.24, 2.45) is 34.0 Å². The molecule has 2 spiro atoms. The van der Waals surface area contributed by atoms with E-state index in [2.05, 4.69) is 13.5 Å². The summed E-state index contributed by atoms with van der Waals surface area (Å²) in [6.45, 7) is 6.36. The molecule has 5 aliphatic carbocycles. The Balaban J connectivity index is 1.57. The number of hydrogen-bond acceptors (Lipinski definition) is 4. The lowest BCUT2D eigenvalue weighted by Gasteiger charge is -2.77. The van der Waals surface area contributed by atoms with Gasteiger partial charge in [-0.2, -0.15) is 0 Å². The zero-order chi connectivity index (χ0) is 16.5. The van der Waals surface area contributed by atoms with E-state index >= 15 is 0 Å². The van der Waals surface area contributed by atoms with E-state index in [1.54, 1.807) is 0 Å². The van der Waals surface area contributed by atoms with Crippen LogP contribution in [-0.4, -0.2) is 29.6 Å². The van der Waals surface area contributed by atoms with Gasteiger partial charge >= 0.3 is 5.97 Å². The molecule has 0 aromatic carbocycles. The topological polar surface area (TPSA) is 55.8 Å². The molecule has 8 rings (SSSR count). The SMILES string of the molecule is C=C1C2CC[C@@]3(C4CC5[C@@]6(CCC[C@@]5(C)C(=O)OC6O4)C3C2)C1O. The van der Waals surface area contributed by atoms with Gasteiger partial charge in [0.25, 0.3) is 0 Å². The Labute approximate surface area is 142 Å². The number of aliphatic hydroxyl groups is 1. The summed E-state index contributed by atoms with van der Waals surface area (Å²) in [4.78, 5) is 12.7. The first-order chi connectivity index (χ1) is 11.4. The van der Waals surface area contributed by atoms with E-state index in [0.717, 1.165) is 50.5 Å². The first-order valence-corrected chi connectivity index (χ1v) is 9.68. The van der Waals surface area contributed by atoms with Crippen LogP contribution in [0.3, 0.4) is 0 Å². The molecular formula is C20H26O4. The van der Waals surface area contributed by atoms with Crippen molar-refractivity contribution in [3.63, 3.8) is 0 Å². The average Bonchev–Trinajstić information content (AvgIpc) is 2.58. The minimum absolute atomic E-state index is 0.0119. The van der Waals surface area contributed by atoms with Crippen molar-refractivity contribution in [3.8, 4) is 0 Å². The standard InChI is InChI=1S/C20H26O4/c1-10-11-4-7-20(15(10)21)13(8-11)19-6-3-5-18(2)12(19)9-14(20)23-17(19)24-16(18)22/h11-15,17,21H,1,3-9H2,2H3/t11?,12?,13?,14?,15?,17?,18-,19+,20-/m1/s1. The second-order valence-electron chi connectivity index (χ2n) is 9.65. The van der Waals surface area contributed by atoms with Crippen LogP contribution in [0.25, 0.3) is 0 Å². The molecular weight excluding hydrogens is 304 g/mol. The normalized spacial score (nSPS) is 63.1. The summed E-state index contributed by atoms with van der Waals surface area (Å²) >= 11 is 0. The number of carbonyl (C=O) groups is 1. The molecule has 0 aromatic rings. The van der Waals surface area contributed by atoms with Crippen molar-refractivity contribution in [2.75, 3.05) is 0 Å². The zero-order valence-electron chi connectivity index (χ0n) is 14.3. The van der Waals surface area contributed by atoms with Gasteiger partial charge in [0.15, 0.2) is 0 Å². The highest BCUT2D eigenvalue weighted by molar-refractivity contribution is 5.78. The number of aliphatic hydroxyl groups excluding tert-OH is 1. The van der Waals surface area contributed by atoms with Gasteiger partial charge in [-0.3, -0.25) is 4.79 Å². The molecule has 3 heterocycles. The quantitative estimate of drug-likeness (QED) is 0.548. The van der Waals surface area contributed by atoms with Crippen LogP contribution in [0, 0.1) is 34.0 Å². The molecule has 5 saturated carbocycles. The van der Waals surface area contributed by atoms with Gasteiger partial charge in [0.2, 0.25) is 6.29 Å². The minimum Gasteiger partial charge on any atom is -0.435 e. The molecule has 8 fully saturated rings. The van der Waals surface area contributed by atoms with Crippen LogP contribution < -0.4 is 0 Å². The molecule has 24 heavy (non-hydrogen) atoms. The fourth-order valence-electron chi connectivity index (χ4n) is 8.29. The lowest BCUT2D eigenvalue weighted by atomic mass is 9.33. The smallest absolute Gasteiger partial charge is 0.314 e. The summed E-state index contributed by atoms with van der Waals surface area (Å²) in [5.74, 6) is 1.16. The Bertz CT molecular complexity index is 673. The predicted octanol–water partition coefficient (Wildman–Crippen LogP) is 2.80. The molecule has 3 aliphatic heterocycles. The number of rotatable bonds is 0. The molecule has 0 amide bonds. The summed E-state index contributed by atoms with van der Waals surface area (Å²) in [6.07, 6.45) is 6.47. The van der Waals surface area contributed by atoms with Crippen molar-refractivity contribution >= 4 is 5.97 Å². The number of esters is 1. The van der Waals surface area contributed by atoms with E-state index in [1.165, 1.54) is 0 Å². The molecule has 7 bridgehead atoms. The van der Waals surface area contributed by atoms with Crippen molar-refractivity contribution in [2.45, 2.75) is 70.4 Å². The van der Waals surface area contributed by atoms with Crippen molar-refractivity contribution in [1.82, 2.24) is 0 Å². The molecule has 0 aromatic heterocycles. The van der Waals surface area contributed by atoms with Crippen LogP contribution in [0.1, 0.15) is 51.9 Å². The molecule has 0 radical (unpaired) electrons. The molecule has 3 saturated heterocycles. The Morgan fingerprint density at radius 2 is 2.00 bits per heavy atom. The van der Waals surface area contributed by atoms with Gasteiger partial charge in [-0.25, -0.2) is 0 Å².